The van der Waals surface area contributed by atoms with Gasteiger partial charge < -0.3 is 0 Å². The lowest BCUT2D eigenvalue weighted by atomic mass is 10.2. The van der Waals surface area contributed by atoms with Gasteiger partial charge in [0.1, 0.15) is 0 Å². The fraction of sp³-hybridized carbons (Fsp3) is 0.111. The summed E-state index contributed by atoms with van der Waals surface area (Å²) in [7, 11) is -0.936. The Hall–Kier alpha value is -0.410. The van der Waals surface area contributed by atoms with Crippen molar-refractivity contribution in [2.24, 2.45) is 0 Å². The largest absolute Gasteiger partial charge is 0.255 e. The molecule has 0 radical (unpaired) electrons. The summed E-state index contributed by atoms with van der Waals surface area (Å²) in [6, 6.07) is 7.78. The van der Waals surface area contributed by atoms with Crippen molar-refractivity contribution in [2.75, 3.05) is 0 Å². The highest BCUT2D eigenvalue weighted by Crippen LogP contribution is 2.11. The highest BCUT2D eigenvalue weighted by Gasteiger charge is 1.96. The van der Waals surface area contributed by atoms with Crippen LogP contribution in [0.4, 0.5) is 0 Å². The second-order valence-electron chi connectivity index (χ2n) is 2.32. The lowest BCUT2D eigenvalue weighted by Crippen LogP contribution is -1.89. The highest BCUT2D eigenvalue weighted by molar-refractivity contribution is 9.10. The van der Waals surface area contributed by atoms with Crippen molar-refractivity contribution in [3.63, 3.8) is 0 Å². The Morgan fingerprint density at radius 3 is 2.50 bits per heavy atom. The van der Waals surface area contributed by atoms with Crippen molar-refractivity contribution in [2.45, 2.75) is 5.75 Å². The second-order valence-corrected chi connectivity index (χ2v) is 4.62. The van der Waals surface area contributed by atoms with Crippen LogP contribution in [0.25, 0.3) is 0 Å². The highest BCUT2D eigenvalue weighted by atomic mass is 79.9. The quantitative estimate of drug-likeness (QED) is 0.800. The molecule has 0 saturated heterocycles. The number of hydrogen-bond acceptors (Lipinski definition) is 1. The van der Waals surface area contributed by atoms with Crippen molar-refractivity contribution in [3.05, 3.63) is 46.3 Å². The summed E-state index contributed by atoms with van der Waals surface area (Å²) in [5.74, 6) is 0.552. The smallest absolute Gasteiger partial charge is 0.0526 e. The van der Waals surface area contributed by atoms with Crippen LogP contribution < -0.4 is 0 Å². The first-order valence-corrected chi connectivity index (χ1v) is 5.64. The molecule has 0 aliphatic heterocycles. The van der Waals surface area contributed by atoms with Gasteiger partial charge in [-0.3, -0.25) is 4.21 Å². The molecule has 1 aromatic carbocycles. The molecule has 0 aliphatic carbocycles. The molecule has 1 rings (SSSR count). The maximum atomic E-state index is 11.0. The number of benzene rings is 1. The SMILES string of the molecule is C=CS(=O)Cc1ccc(Br)cc1. The maximum Gasteiger partial charge on any atom is 0.0526 e. The Balaban J connectivity index is 2.71. The summed E-state index contributed by atoms with van der Waals surface area (Å²) < 4.78 is 12.1. The molecule has 0 bridgehead atoms. The van der Waals surface area contributed by atoms with E-state index in [0.29, 0.717) is 5.75 Å². The van der Waals surface area contributed by atoms with Gasteiger partial charge >= 0.3 is 0 Å². The van der Waals surface area contributed by atoms with Gasteiger partial charge in [-0.05, 0) is 23.1 Å². The maximum absolute atomic E-state index is 11.0. The van der Waals surface area contributed by atoms with Crippen LogP contribution in [0.5, 0.6) is 0 Å². The molecule has 0 heterocycles. The van der Waals surface area contributed by atoms with Crippen molar-refractivity contribution in [3.8, 4) is 0 Å². The summed E-state index contributed by atoms with van der Waals surface area (Å²) in [5, 5.41) is 1.46. The van der Waals surface area contributed by atoms with Gasteiger partial charge in [0.15, 0.2) is 0 Å². The first kappa shape index (κ1) is 9.68. The van der Waals surface area contributed by atoms with Crippen LogP contribution in [0.3, 0.4) is 0 Å². The number of hydrogen-bond donors (Lipinski definition) is 0. The van der Waals surface area contributed by atoms with E-state index < -0.39 is 10.8 Å². The van der Waals surface area contributed by atoms with Crippen molar-refractivity contribution < 1.29 is 4.21 Å². The van der Waals surface area contributed by atoms with Crippen molar-refractivity contribution >= 4 is 26.7 Å². The van der Waals surface area contributed by atoms with Crippen LogP contribution in [0.1, 0.15) is 5.56 Å². The van der Waals surface area contributed by atoms with Gasteiger partial charge in [0.2, 0.25) is 0 Å². The third-order valence-electron chi connectivity index (χ3n) is 1.41. The van der Waals surface area contributed by atoms with Crippen LogP contribution in [0, 0.1) is 0 Å². The summed E-state index contributed by atoms with van der Waals surface area (Å²) in [4.78, 5) is 0. The number of rotatable bonds is 3. The molecular formula is C9H9BrOS. The second kappa shape index (κ2) is 4.58. The van der Waals surface area contributed by atoms with E-state index in [0.717, 1.165) is 10.0 Å². The van der Waals surface area contributed by atoms with E-state index in [1.54, 1.807) is 0 Å². The molecule has 1 atom stereocenters. The predicted molar refractivity (Wildman–Crippen MR) is 56.2 cm³/mol. The molecule has 1 unspecified atom stereocenters. The van der Waals surface area contributed by atoms with E-state index in [1.807, 2.05) is 24.3 Å². The monoisotopic (exact) mass is 244 g/mol. The molecule has 12 heavy (non-hydrogen) atoms. The molecule has 1 nitrogen and oxygen atoms in total. The fourth-order valence-electron chi connectivity index (χ4n) is 0.804. The van der Waals surface area contributed by atoms with Crippen LogP contribution >= 0.6 is 15.9 Å². The minimum Gasteiger partial charge on any atom is -0.255 e. The van der Waals surface area contributed by atoms with E-state index in [-0.39, 0.29) is 0 Å². The van der Waals surface area contributed by atoms with Gasteiger partial charge in [0, 0.05) is 15.3 Å². The fourth-order valence-corrected chi connectivity index (χ4v) is 1.71. The number of halogens is 1. The molecule has 0 fully saturated rings. The predicted octanol–water partition coefficient (Wildman–Crippen LogP) is 2.84. The van der Waals surface area contributed by atoms with Gasteiger partial charge in [-0.1, -0.05) is 34.6 Å². The Bertz CT molecular complexity index is 292. The molecule has 0 spiro atoms. The van der Waals surface area contributed by atoms with E-state index in [4.69, 9.17) is 0 Å². The first-order valence-electron chi connectivity index (χ1n) is 3.46. The van der Waals surface area contributed by atoms with Crippen molar-refractivity contribution in [1.29, 1.82) is 0 Å². The zero-order valence-electron chi connectivity index (χ0n) is 6.50. The summed E-state index contributed by atoms with van der Waals surface area (Å²) in [5.41, 5.74) is 1.07. The van der Waals surface area contributed by atoms with Gasteiger partial charge in [0.05, 0.1) is 5.75 Å². The third kappa shape index (κ3) is 2.91. The van der Waals surface area contributed by atoms with Gasteiger partial charge in [-0.15, -0.1) is 0 Å². The topological polar surface area (TPSA) is 17.1 Å². The zero-order chi connectivity index (χ0) is 8.97. The lowest BCUT2D eigenvalue weighted by molar-refractivity contribution is 0.688. The molecule has 0 N–H and O–H groups in total. The van der Waals surface area contributed by atoms with Gasteiger partial charge in [0.25, 0.3) is 0 Å². The van der Waals surface area contributed by atoms with Gasteiger partial charge in [-0.2, -0.15) is 0 Å². The summed E-state index contributed by atoms with van der Waals surface area (Å²) >= 11 is 3.33. The van der Waals surface area contributed by atoms with E-state index >= 15 is 0 Å². The normalized spacial score (nSPS) is 12.4. The Kier molecular flexibility index (Phi) is 3.69. The van der Waals surface area contributed by atoms with E-state index in [9.17, 15) is 4.21 Å². The van der Waals surface area contributed by atoms with Crippen molar-refractivity contribution in [1.82, 2.24) is 0 Å². The van der Waals surface area contributed by atoms with E-state index in [1.165, 1.54) is 5.41 Å². The third-order valence-corrected chi connectivity index (χ3v) is 2.93. The van der Waals surface area contributed by atoms with Crippen LogP contribution in [-0.2, 0) is 16.6 Å². The molecule has 3 heteroatoms. The Morgan fingerprint density at radius 2 is 2.00 bits per heavy atom. The van der Waals surface area contributed by atoms with Crippen LogP contribution in [-0.4, -0.2) is 4.21 Å². The lowest BCUT2D eigenvalue weighted by Gasteiger charge is -1.97. The molecular weight excluding hydrogens is 236 g/mol. The van der Waals surface area contributed by atoms with Crippen LogP contribution in [0.2, 0.25) is 0 Å². The standard InChI is InChI=1S/C9H9BrOS/c1-2-12(11)7-8-3-5-9(10)6-4-8/h2-6H,1,7H2. The van der Waals surface area contributed by atoms with Gasteiger partial charge in [-0.25, -0.2) is 0 Å². The average Bonchev–Trinajstić information content (AvgIpc) is 2.09. The molecule has 0 aliphatic rings. The molecule has 0 saturated carbocycles. The summed E-state index contributed by atoms with van der Waals surface area (Å²) in [6.45, 7) is 3.46. The molecule has 1 aromatic rings. The molecule has 0 aromatic heterocycles. The molecule has 64 valence electrons. The van der Waals surface area contributed by atoms with Crippen LogP contribution in [0.15, 0.2) is 40.7 Å². The zero-order valence-corrected chi connectivity index (χ0v) is 8.90. The minimum atomic E-state index is -0.936. The summed E-state index contributed by atoms with van der Waals surface area (Å²) in [6.07, 6.45) is 0. The Morgan fingerprint density at radius 1 is 1.42 bits per heavy atom. The van der Waals surface area contributed by atoms with E-state index in [2.05, 4.69) is 22.5 Å². The Labute approximate surface area is 83.1 Å². The molecule has 0 amide bonds. The average molecular weight is 245 g/mol. The first-order chi connectivity index (χ1) is 5.72. The minimum absolute atomic E-state index is 0.552.